The summed E-state index contributed by atoms with van der Waals surface area (Å²) in [7, 11) is 0. The fourth-order valence-corrected chi connectivity index (χ4v) is 3.59. The fourth-order valence-electron chi connectivity index (χ4n) is 3.42. The molecule has 2 heterocycles. The van der Waals surface area contributed by atoms with Gasteiger partial charge in [0.15, 0.2) is 11.5 Å². The van der Waals surface area contributed by atoms with E-state index in [0.29, 0.717) is 34.6 Å². The van der Waals surface area contributed by atoms with Crippen molar-refractivity contribution in [3.8, 4) is 11.5 Å². The summed E-state index contributed by atoms with van der Waals surface area (Å²) in [5, 5.41) is 11.2. The third-order valence-corrected chi connectivity index (χ3v) is 5.71. The first-order valence-electron chi connectivity index (χ1n) is 10.7. The van der Waals surface area contributed by atoms with Crippen molar-refractivity contribution in [3.63, 3.8) is 0 Å². The van der Waals surface area contributed by atoms with Crippen molar-refractivity contribution in [3.05, 3.63) is 70.0 Å². The van der Waals surface area contributed by atoms with Crippen LogP contribution in [0.3, 0.4) is 0 Å². The second-order valence-electron chi connectivity index (χ2n) is 7.73. The number of carbonyl (C=O) groups is 1. The summed E-state index contributed by atoms with van der Waals surface area (Å²) in [5.74, 6) is 1.15. The van der Waals surface area contributed by atoms with E-state index < -0.39 is 0 Å². The number of amides is 1. The number of aryl methyl sites for hydroxylation is 2. The van der Waals surface area contributed by atoms with Crippen molar-refractivity contribution in [2.45, 2.75) is 40.3 Å². The molecular formula is C24H26ClN5O3. The average Bonchev–Trinajstić information content (AvgIpc) is 3.40. The number of hydrogen-bond donors (Lipinski definition) is 2. The van der Waals surface area contributed by atoms with E-state index in [1.165, 1.54) is 0 Å². The van der Waals surface area contributed by atoms with E-state index in [0.717, 1.165) is 35.5 Å². The van der Waals surface area contributed by atoms with Gasteiger partial charge in [0.25, 0.3) is 5.91 Å². The second kappa shape index (κ2) is 9.95. The maximum absolute atomic E-state index is 13.0. The molecule has 0 spiro atoms. The molecule has 4 rings (SSSR count). The summed E-state index contributed by atoms with van der Waals surface area (Å²) in [5.41, 5.74) is 3.95. The van der Waals surface area contributed by atoms with Gasteiger partial charge in [-0.25, -0.2) is 4.99 Å². The molecule has 2 aromatic carbocycles. The number of hydrogen-bond acceptors (Lipinski definition) is 5. The van der Waals surface area contributed by atoms with Crippen LogP contribution in [-0.4, -0.2) is 28.4 Å². The highest BCUT2D eigenvalue weighted by Gasteiger charge is 2.18. The van der Waals surface area contributed by atoms with E-state index in [2.05, 4.69) is 27.6 Å². The van der Waals surface area contributed by atoms with Crippen LogP contribution in [0.25, 0.3) is 0 Å². The molecule has 1 amide bonds. The van der Waals surface area contributed by atoms with Gasteiger partial charge in [0.2, 0.25) is 12.8 Å². The number of fused-ring (bicyclic) bond motifs is 1. The second-order valence-corrected chi connectivity index (χ2v) is 8.13. The van der Waals surface area contributed by atoms with Crippen molar-refractivity contribution in [2.75, 3.05) is 12.1 Å². The lowest BCUT2D eigenvalue weighted by Gasteiger charge is -2.14. The monoisotopic (exact) mass is 467 g/mol. The molecule has 1 aliphatic heterocycles. The number of aliphatic imine (C=N–C) groups is 1. The molecule has 0 bridgehead atoms. The van der Waals surface area contributed by atoms with Crippen molar-refractivity contribution in [1.29, 1.82) is 0 Å². The molecule has 8 nitrogen and oxygen atoms in total. The summed E-state index contributed by atoms with van der Waals surface area (Å²) in [6.45, 7) is 7.32. The molecule has 2 N–H and O–H groups in total. The van der Waals surface area contributed by atoms with E-state index in [4.69, 9.17) is 21.1 Å². The minimum absolute atomic E-state index is 0.147. The van der Waals surface area contributed by atoms with E-state index in [-0.39, 0.29) is 12.7 Å². The number of rotatable bonds is 6. The molecule has 0 saturated carbocycles. The van der Waals surface area contributed by atoms with Crippen LogP contribution in [0.4, 0.5) is 5.69 Å². The molecule has 0 radical (unpaired) electrons. The van der Waals surface area contributed by atoms with Crippen LogP contribution in [0.1, 0.15) is 40.5 Å². The predicted octanol–water partition coefficient (Wildman–Crippen LogP) is 4.69. The Labute approximate surface area is 197 Å². The number of nitrogens with zero attached hydrogens (tertiary/aromatic N) is 3. The van der Waals surface area contributed by atoms with Gasteiger partial charge in [0, 0.05) is 34.6 Å². The molecule has 9 heteroatoms. The molecule has 3 aromatic rings. The predicted molar refractivity (Wildman–Crippen MR) is 128 cm³/mol. The van der Waals surface area contributed by atoms with Gasteiger partial charge in [-0.1, -0.05) is 24.6 Å². The number of guanidine groups is 1. The van der Waals surface area contributed by atoms with Gasteiger partial charge in [-0.15, -0.1) is 0 Å². The minimum atomic E-state index is -0.322. The van der Waals surface area contributed by atoms with Crippen LogP contribution in [0.15, 0.2) is 47.6 Å². The lowest BCUT2D eigenvalue weighted by molar-refractivity contribution is 0.0976. The first-order valence-corrected chi connectivity index (χ1v) is 11.1. The van der Waals surface area contributed by atoms with Crippen LogP contribution < -0.4 is 20.1 Å². The van der Waals surface area contributed by atoms with Crippen molar-refractivity contribution in [1.82, 2.24) is 15.1 Å². The van der Waals surface area contributed by atoms with Crippen LogP contribution in [-0.2, 0) is 13.1 Å². The third kappa shape index (κ3) is 5.28. The Morgan fingerprint density at radius 1 is 1.21 bits per heavy atom. The largest absolute Gasteiger partial charge is 0.454 e. The standard InChI is InChI=1S/C24H26ClN5O3/c1-4-10-30-13-18(16(3)29-30)12-26-24(27-20-7-5-6-19(25)15(20)2)28-23(31)17-8-9-21-22(11-17)33-14-32-21/h5-9,11,13H,4,10,12,14H2,1-3H3,(H2,26,27,28,31). The molecule has 0 unspecified atom stereocenters. The lowest BCUT2D eigenvalue weighted by atomic mass is 10.2. The third-order valence-electron chi connectivity index (χ3n) is 5.30. The highest BCUT2D eigenvalue weighted by atomic mass is 35.5. The average molecular weight is 468 g/mol. The number of carbonyl (C=O) groups excluding carboxylic acids is 1. The van der Waals surface area contributed by atoms with Gasteiger partial charge in [0.1, 0.15) is 0 Å². The first-order chi connectivity index (χ1) is 15.9. The zero-order valence-corrected chi connectivity index (χ0v) is 19.6. The van der Waals surface area contributed by atoms with E-state index >= 15 is 0 Å². The summed E-state index contributed by atoms with van der Waals surface area (Å²) < 4.78 is 12.6. The Morgan fingerprint density at radius 2 is 2.03 bits per heavy atom. The van der Waals surface area contributed by atoms with Crippen LogP contribution in [0.5, 0.6) is 11.5 Å². The van der Waals surface area contributed by atoms with Crippen LogP contribution in [0.2, 0.25) is 5.02 Å². The molecule has 1 aromatic heterocycles. The van der Waals surface area contributed by atoms with Crippen molar-refractivity contribution < 1.29 is 14.3 Å². The Balaban J connectivity index is 1.58. The number of benzene rings is 2. The van der Waals surface area contributed by atoms with E-state index in [9.17, 15) is 4.79 Å². The van der Waals surface area contributed by atoms with Gasteiger partial charge in [-0.05, 0) is 56.2 Å². The highest BCUT2D eigenvalue weighted by molar-refractivity contribution is 6.31. The molecule has 0 fully saturated rings. The molecule has 1 aliphatic rings. The number of nitrogens with one attached hydrogen (secondary N) is 2. The number of aromatic nitrogens is 2. The smallest absolute Gasteiger partial charge is 0.258 e. The normalized spacial score (nSPS) is 12.7. The summed E-state index contributed by atoms with van der Waals surface area (Å²) >= 11 is 6.28. The summed E-state index contributed by atoms with van der Waals surface area (Å²) in [6.07, 6.45) is 2.99. The number of halogens is 1. The van der Waals surface area contributed by atoms with Gasteiger partial charge in [0.05, 0.1) is 12.2 Å². The van der Waals surface area contributed by atoms with Gasteiger partial charge in [-0.2, -0.15) is 5.10 Å². The van der Waals surface area contributed by atoms with E-state index in [1.807, 2.05) is 42.9 Å². The maximum Gasteiger partial charge on any atom is 0.258 e. The summed E-state index contributed by atoms with van der Waals surface area (Å²) in [4.78, 5) is 17.6. The van der Waals surface area contributed by atoms with Gasteiger partial charge >= 0.3 is 0 Å². The first kappa shape index (κ1) is 22.7. The quantitative estimate of drug-likeness (QED) is 0.405. The Hall–Kier alpha value is -3.52. The number of ether oxygens (including phenoxy) is 2. The van der Waals surface area contributed by atoms with Crippen LogP contribution in [0, 0.1) is 13.8 Å². The summed E-state index contributed by atoms with van der Waals surface area (Å²) in [6, 6.07) is 10.6. The minimum Gasteiger partial charge on any atom is -0.454 e. The number of anilines is 1. The van der Waals surface area contributed by atoms with Crippen molar-refractivity contribution in [2.24, 2.45) is 4.99 Å². The van der Waals surface area contributed by atoms with Crippen LogP contribution >= 0.6 is 11.6 Å². The van der Waals surface area contributed by atoms with Gasteiger partial charge in [-0.3, -0.25) is 14.8 Å². The lowest BCUT2D eigenvalue weighted by Crippen LogP contribution is -2.36. The van der Waals surface area contributed by atoms with Gasteiger partial charge < -0.3 is 14.8 Å². The fraction of sp³-hybridized carbons (Fsp3) is 0.292. The Kier molecular flexibility index (Phi) is 6.84. The molecule has 172 valence electrons. The van der Waals surface area contributed by atoms with Crippen molar-refractivity contribution >= 4 is 29.2 Å². The highest BCUT2D eigenvalue weighted by Crippen LogP contribution is 2.32. The molecule has 0 saturated heterocycles. The zero-order valence-electron chi connectivity index (χ0n) is 18.8. The molecule has 0 aliphatic carbocycles. The Morgan fingerprint density at radius 3 is 2.85 bits per heavy atom. The molecular weight excluding hydrogens is 442 g/mol. The Bertz CT molecular complexity index is 1200. The SMILES string of the molecule is CCCn1cc(CN=C(NC(=O)c2ccc3c(c2)OCO3)Nc2cccc(Cl)c2C)c(C)n1. The maximum atomic E-state index is 13.0. The zero-order chi connectivity index (χ0) is 23.4. The topological polar surface area (TPSA) is 89.8 Å². The molecule has 33 heavy (non-hydrogen) atoms. The molecule has 0 atom stereocenters. The van der Waals surface area contributed by atoms with E-state index in [1.54, 1.807) is 18.2 Å².